The van der Waals surface area contributed by atoms with Gasteiger partial charge in [0.25, 0.3) is 0 Å². The number of benzene rings is 1. The van der Waals surface area contributed by atoms with Crippen LogP contribution in [0.2, 0.25) is 0 Å². The van der Waals surface area contributed by atoms with Gasteiger partial charge in [0.05, 0.1) is 22.8 Å². The van der Waals surface area contributed by atoms with Gasteiger partial charge in [-0.25, -0.2) is 9.67 Å². The van der Waals surface area contributed by atoms with Crippen LogP contribution in [0.1, 0.15) is 38.3 Å². The van der Waals surface area contributed by atoms with E-state index in [-0.39, 0.29) is 36.5 Å². The first-order valence-electron chi connectivity index (χ1n) is 12.1. The van der Waals surface area contributed by atoms with Crippen molar-refractivity contribution < 1.29 is 27.8 Å². The van der Waals surface area contributed by atoms with Crippen LogP contribution in [0.25, 0.3) is 22.3 Å². The van der Waals surface area contributed by atoms with Gasteiger partial charge in [0.2, 0.25) is 0 Å². The van der Waals surface area contributed by atoms with E-state index < -0.39 is 17.8 Å². The van der Waals surface area contributed by atoms with E-state index in [1.807, 2.05) is 13.8 Å². The quantitative estimate of drug-likeness (QED) is 0.399. The second-order valence-corrected chi connectivity index (χ2v) is 9.27. The number of rotatable bonds is 9. The Morgan fingerprint density at radius 3 is 2.61 bits per heavy atom. The second kappa shape index (κ2) is 11.0. The molecular weight excluding hydrogens is 475 g/mol. The van der Waals surface area contributed by atoms with Crippen molar-refractivity contribution in [1.82, 2.24) is 20.1 Å². The fraction of sp³-hybridized carbons (Fsp3) is 0.520. The minimum absolute atomic E-state index is 0.00757. The summed E-state index contributed by atoms with van der Waals surface area (Å²) in [7, 11) is 1.67. The maximum Gasteiger partial charge on any atom is 0.416 e. The number of hydrogen-bond acceptors (Lipinski definition) is 7. The minimum atomic E-state index is -4.58. The Morgan fingerprint density at radius 2 is 1.94 bits per heavy atom. The molecule has 1 aliphatic rings. The molecule has 36 heavy (non-hydrogen) atoms. The third-order valence-corrected chi connectivity index (χ3v) is 6.05. The van der Waals surface area contributed by atoms with Gasteiger partial charge >= 0.3 is 6.18 Å². The summed E-state index contributed by atoms with van der Waals surface area (Å²) in [4.78, 5) is 4.72. The van der Waals surface area contributed by atoms with Crippen LogP contribution in [-0.2, 0) is 10.9 Å². The molecule has 3 aromatic rings. The first kappa shape index (κ1) is 26.2. The van der Waals surface area contributed by atoms with Crippen LogP contribution < -0.4 is 15.4 Å². The van der Waals surface area contributed by atoms with Gasteiger partial charge < -0.3 is 25.2 Å². The molecule has 0 spiro atoms. The number of hydrogen-bond donors (Lipinski definition) is 3. The molecule has 3 heterocycles. The molecule has 1 unspecified atom stereocenters. The van der Waals surface area contributed by atoms with Crippen LogP contribution in [0.15, 0.2) is 30.5 Å². The van der Waals surface area contributed by atoms with Crippen molar-refractivity contribution in [3.8, 4) is 17.0 Å². The van der Waals surface area contributed by atoms with Crippen LogP contribution in [-0.4, -0.2) is 65.4 Å². The highest BCUT2D eigenvalue weighted by atomic mass is 19.4. The predicted molar refractivity (Wildman–Crippen MR) is 131 cm³/mol. The topological polar surface area (TPSA) is 93.5 Å². The molecule has 196 valence electrons. The number of pyridine rings is 1. The van der Waals surface area contributed by atoms with Gasteiger partial charge in [0.1, 0.15) is 18.5 Å². The summed E-state index contributed by atoms with van der Waals surface area (Å²) in [6.07, 6.45) is -2.05. The highest BCUT2D eigenvalue weighted by molar-refractivity contribution is 5.92. The Morgan fingerprint density at radius 1 is 1.19 bits per heavy atom. The Hall–Kier alpha value is -2.89. The number of nitrogens with one attached hydrogen (secondary N) is 2. The first-order valence-corrected chi connectivity index (χ1v) is 12.1. The standard InChI is InChI=1S/C25H32F3N5O3/c1-15(2)33-24-21(13-30-33)23(31-18-4-6-35-7-5-18)11-22(32-24)16-8-17(25(26,27)28)10-20(9-16)36-14-19(34)12-29-3/h8-11,13,15,18-19,29,34H,4-7,12,14H2,1-3H3,(H,31,32). The summed E-state index contributed by atoms with van der Waals surface area (Å²) >= 11 is 0. The monoisotopic (exact) mass is 507 g/mol. The van der Waals surface area contributed by atoms with Gasteiger partial charge in [-0.2, -0.15) is 18.3 Å². The van der Waals surface area contributed by atoms with Gasteiger partial charge in [-0.3, -0.25) is 0 Å². The molecule has 3 N–H and O–H groups in total. The molecule has 0 saturated carbocycles. The zero-order valence-corrected chi connectivity index (χ0v) is 20.6. The number of anilines is 1. The lowest BCUT2D eigenvalue weighted by Gasteiger charge is -2.25. The maximum atomic E-state index is 13.8. The van der Waals surface area contributed by atoms with Gasteiger partial charge in [-0.1, -0.05) is 0 Å². The number of halogens is 3. The summed E-state index contributed by atoms with van der Waals surface area (Å²) < 4.78 is 54.1. The fourth-order valence-electron chi connectivity index (χ4n) is 4.21. The molecule has 0 radical (unpaired) electrons. The summed E-state index contributed by atoms with van der Waals surface area (Å²) in [5.41, 5.74) is 1.12. The van der Waals surface area contributed by atoms with Gasteiger partial charge in [0, 0.05) is 43.1 Å². The molecule has 0 bridgehead atoms. The maximum absolute atomic E-state index is 13.8. The lowest BCUT2D eigenvalue weighted by Crippen LogP contribution is -2.29. The van der Waals surface area contributed by atoms with Gasteiger partial charge in [-0.15, -0.1) is 0 Å². The number of ether oxygens (including phenoxy) is 2. The number of nitrogens with zero attached hydrogens (tertiary/aromatic N) is 3. The number of likely N-dealkylation sites (N-methyl/N-ethyl adjacent to an activating group) is 1. The third kappa shape index (κ3) is 6.08. The van der Waals surface area contributed by atoms with Crippen molar-refractivity contribution in [2.24, 2.45) is 0 Å². The predicted octanol–water partition coefficient (Wildman–Crippen LogP) is 4.25. The van der Waals surface area contributed by atoms with E-state index in [4.69, 9.17) is 14.5 Å². The average Bonchev–Trinajstić information content (AvgIpc) is 3.28. The minimum Gasteiger partial charge on any atom is -0.491 e. The van der Waals surface area contributed by atoms with Crippen molar-refractivity contribution in [2.75, 3.05) is 38.7 Å². The van der Waals surface area contributed by atoms with Crippen molar-refractivity contribution >= 4 is 16.7 Å². The molecule has 1 aromatic carbocycles. The molecule has 0 aliphatic carbocycles. The van der Waals surface area contributed by atoms with E-state index in [9.17, 15) is 18.3 Å². The van der Waals surface area contributed by atoms with Gasteiger partial charge in [0.15, 0.2) is 5.65 Å². The van der Waals surface area contributed by atoms with Crippen LogP contribution >= 0.6 is 0 Å². The number of aromatic nitrogens is 3. The molecule has 11 heteroatoms. The largest absolute Gasteiger partial charge is 0.491 e. The Bertz CT molecular complexity index is 1180. The Kier molecular flexibility index (Phi) is 8.01. The van der Waals surface area contributed by atoms with Crippen LogP contribution in [0.4, 0.5) is 18.9 Å². The number of aliphatic hydroxyl groups is 1. The molecule has 4 rings (SSSR count). The van der Waals surface area contributed by atoms with Crippen molar-refractivity contribution in [3.63, 3.8) is 0 Å². The molecule has 1 atom stereocenters. The molecule has 2 aromatic heterocycles. The summed E-state index contributed by atoms with van der Waals surface area (Å²) in [6, 6.07) is 5.47. The first-order chi connectivity index (χ1) is 17.2. The normalized spacial score (nSPS) is 16.0. The number of alkyl halides is 3. The van der Waals surface area contributed by atoms with E-state index in [2.05, 4.69) is 15.7 Å². The molecule has 1 fully saturated rings. The zero-order chi connectivity index (χ0) is 25.9. The summed E-state index contributed by atoms with van der Waals surface area (Å²) in [5.74, 6) is 0.00757. The van der Waals surface area contributed by atoms with Crippen molar-refractivity contribution in [2.45, 2.75) is 51.1 Å². The SMILES string of the molecule is CNCC(O)COc1cc(-c2cc(NC3CCOCC3)c3cnn(C(C)C)c3n2)cc(C(F)(F)F)c1. The number of aliphatic hydroxyl groups excluding tert-OH is 1. The Balaban J connectivity index is 1.79. The van der Waals surface area contributed by atoms with Crippen molar-refractivity contribution in [1.29, 1.82) is 0 Å². The summed E-state index contributed by atoms with van der Waals surface area (Å²) in [6.45, 7) is 5.35. The molecule has 8 nitrogen and oxygen atoms in total. The van der Waals surface area contributed by atoms with E-state index in [1.165, 1.54) is 6.07 Å². The van der Waals surface area contributed by atoms with Crippen LogP contribution in [0, 0.1) is 0 Å². The highest BCUT2D eigenvalue weighted by Crippen LogP contribution is 2.37. The van der Waals surface area contributed by atoms with Crippen molar-refractivity contribution in [3.05, 3.63) is 36.0 Å². The molecule has 0 amide bonds. The highest BCUT2D eigenvalue weighted by Gasteiger charge is 2.32. The average molecular weight is 508 g/mol. The lowest BCUT2D eigenvalue weighted by molar-refractivity contribution is -0.137. The van der Waals surface area contributed by atoms with E-state index in [1.54, 1.807) is 24.0 Å². The molecular formula is C25H32F3N5O3. The second-order valence-electron chi connectivity index (χ2n) is 9.27. The van der Waals surface area contributed by atoms with Crippen LogP contribution in [0.5, 0.6) is 5.75 Å². The number of fused-ring (bicyclic) bond motifs is 1. The van der Waals surface area contributed by atoms with E-state index in [0.717, 1.165) is 36.0 Å². The fourth-order valence-corrected chi connectivity index (χ4v) is 4.21. The Labute approximate surface area is 207 Å². The van der Waals surface area contributed by atoms with E-state index in [0.29, 0.717) is 24.6 Å². The molecule has 1 saturated heterocycles. The van der Waals surface area contributed by atoms with E-state index >= 15 is 0 Å². The van der Waals surface area contributed by atoms with Crippen LogP contribution in [0.3, 0.4) is 0 Å². The zero-order valence-electron chi connectivity index (χ0n) is 20.6. The third-order valence-electron chi connectivity index (χ3n) is 6.05. The lowest BCUT2D eigenvalue weighted by atomic mass is 10.0. The summed E-state index contributed by atoms with van der Waals surface area (Å²) in [5, 5.41) is 21.6. The smallest absolute Gasteiger partial charge is 0.416 e. The van der Waals surface area contributed by atoms with Gasteiger partial charge in [-0.05, 0) is 58.0 Å². The molecule has 1 aliphatic heterocycles.